The van der Waals surface area contributed by atoms with Crippen LogP contribution in [0.2, 0.25) is 0 Å². The molecule has 0 bridgehead atoms. The Kier molecular flexibility index (Phi) is 6.56. The number of hydrogen-bond donors (Lipinski definition) is 2. The number of amides is 1. The molecule has 0 saturated carbocycles. The molecule has 0 saturated heterocycles. The molecule has 140 valence electrons. The standard InChI is InChI=1S/C20H26N2O3S/c1-14(2)9-10-21-26(24,25)19-7-5-17(6-8-19)20(23)22-18-12-15(3)11-16(4)13-18/h5-8,11-14,21H,9-10H2,1-4H3,(H,22,23). The van der Waals surface area contributed by atoms with Gasteiger partial charge in [0.05, 0.1) is 4.90 Å². The fourth-order valence-electron chi connectivity index (χ4n) is 2.60. The molecule has 2 aromatic carbocycles. The average molecular weight is 375 g/mol. The average Bonchev–Trinajstić information content (AvgIpc) is 2.53. The zero-order valence-electron chi connectivity index (χ0n) is 15.7. The first kappa shape index (κ1) is 20.1. The number of nitrogens with one attached hydrogen (secondary N) is 2. The predicted molar refractivity (Wildman–Crippen MR) is 105 cm³/mol. The Morgan fingerprint density at radius 3 is 2.12 bits per heavy atom. The molecule has 0 heterocycles. The van der Waals surface area contributed by atoms with Gasteiger partial charge in [0.25, 0.3) is 5.91 Å². The summed E-state index contributed by atoms with van der Waals surface area (Å²) in [6, 6.07) is 11.8. The SMILES string of the molecule is Cc1cc(C)cc(NC(=O)c2ccc(S(=O)(=O)NCCC(C)C)cc2)c1. The second-order valence-electron chi connectivity index (χ2n) is 6.94. The van der Waals surface area contributed by atoms with E-state index < -0.39 is 10.0 Å². The third-order valence-corrected chi connectivity index (χ3v) is 5.40. The van der Waals surface area contributed by atoms with E-state index in [-0.39, 0.29) is 10.8 Å². The largest absolute Gasteiger partial charge is 0.322 e. The molecule has 26 heavy (non-hydrogen) atoms. The molecule has 0 fully saturated rings. The number of anilines is 1. The van der Waals surface area contributed by atoms with Gasteiger partial charge in [-0.05, 0) is 73.7 Å². The Balaban J connectivity index is 2.07. The fraction of sp³-hybridized carbons (Fsp3) is 0.350. The molecule has 0 aromatic heterocycles. The zero-order valence-corrected chi connectivity index (χ0v) is 16.5. The van der Waals surface area contributed by atoms with Crippen LogP contribution >= 0.6 is 0 Å². The highest BCUT2D eigenvalue weighted by Gasteiger charge is 2.15. The molecule has 0 aliphatic carbocycles. The second kappa shape index (κ2) is 8.47. The van der Waals surface area contributed by atoms with E-state index in [4.69, 9.17) is 0 Å². The summed E-state index contributed by atoms with van der Waals surface area (Å²) in [5.41, 5.74) is 3.26. The van der Waals surface area contributed by atoms with Gasteiger partial charge in [0.1, 0.15) is 0 Å². The van der Waals surface area contributed by atoms with Gasteiger partial charge in [0, 0.05) is 17.8 Å². The van der Waals surface area contributed by atoms with Crippen LogP contribution in [-0.4, -0.2) is 20.9 Å². The molecule has 1 amide bonds. The van der Waals surface area contributed by atoms with E-state index in [2.05, 4.69) is 10.0 Å². The van der Waals surface area contributed by atoms with Crippen LogP contribution in [0.5, 0.6) is 0 Å². The van der Waals surface area contributed by atoms with E-state index in [0.717, 1.165) is 23.2 Å². The van der Waals surface area contributed by atoms with Gasteiger partial charge in [-0.2, -0.15) is 0 Å². The van der Waals surface area contributed by atoms with E-state index in [9.17, 15) is 13.2 Å². The quantitative estimate of drug-likeness (QED) is 0.772. The highest BCUT2D eigenvalue weighted by atomic mass is 32.2. The summed E-state index contributed by atoms with van der Waals surface area (Å²) in [4.78, 5) is 12.5. The summed E-state index contributed by atoms with van der Waals surface area (Å²) < 4.78 is 27.1. The van der Waals surface area contributed by atoms with Gasteiger partial charge in [0.15, 0.2) is 0 Å². The van der Waals surface area contributed by atoms with Crippen LogP contribution in [0.4, 0.5) is 5.69 Å². The smallest absolute Gasteiger partial charge is 0.255 e. The number of benzene rings is 2. The predicted octanol–water partition coefficient (Wildman–Crippen LogP) is 3.88. The number of carbonyl (C=O) groups excluding carboxylic acids is 1. The van der Waals surface area contributed by atoms with Gasteiger partial charge in [-0.15, -0.1) is 0 Å². The molecule has 6 heteroatoms. The van der Waals surface area contributed by atoms with Crippen LogP contribution in [0.25, 0.3) is 0 Å². The first-order valence-electron chi connectivity index (χ1n) is 8.67. The maximum atomic E-state index is 12.4. The second-order valence-corrected chi connectivity index (χ2v) is 8.70. The van der Waals surface area contributed by atoms with Crippen molar-refractivity contribution >= 4 is 21.6 Å². The van der Waals surface area contributed by atoms with E-state index in [1.807, 2.05) is 45.9 Å². The Hall–Kier alpha value is -2.18. The van der Waals surface area contributed by atoms with Crippen molar-refractivity contribution in [2.24, 2.45) is 5.92 Å². The summed E-state index contributed by atoms with van der Waals surface area (Å²) in [6.45, 7) is 8.41. The minimum atomic E-state index is -3.55. The molecule has 2 aromatic rings. The van der Waals surface area contributed by atoms with Gasteiger partial charge in [-0.3, -0.25) is 4.79 Å². The zero-order chi connectivity index (χ0) is 19.3. The van der Waals surface area contributed by atoms with Crippen molar-refractivity contribution in [2.45, 2.75) is 39.0 Å². The van der Waals surface area contributed by atoms with Gasteiger partial charge < -0.3 is 5.32 Å². The van der Waals surface area contributed by atoms with Crippen molar-refractivity contribution in [2.75, 3.05) is 11.9 Å². The number of carbonyl (C=O) groups is 1. The lowest BCUT2D eigenvalue weighted by molar-refractivity contribution is 0.102. The number of aryl methyl sites for hydroxylation is 2. The maximum Gasteiger partial charge on any atom is 0.255 e. The topological polar surface area (TPSA) is 75.3 Å². The molecule has 0 atom stereocenters. The molecule has 0 spiro atoms. The van der Waals surface area contributed by atoms with Crippen LogP contribution in [0.1, 0.15) is 41.8 Å². The molecule has 5 nitrogen and oxygen atoms in total. The number of sulfonamides is 1. The van der Waals surface area contributed by atoms with Crippen LogP contribution in [-0.2, 0) is 10.0 Å². The van der Waals surface area contributed by atoms with Gasteiger partial charge in [-0.1, -0.05) is 19.9 Å². The molecular formula is C20H26N2O3S. The maximum absolute atomic E-state index is 12.4. The minimum absolute atomic E-state index is 0.157. The summed E-state index contributed by atoms with van der Waals surface area (Å²) in [5.74, 6) is 0.153. The fourth-order valence-corrected chi connectivity index (χ4v) is 3.65. The van der Waals surface area contributed by atoms with Crippen molar-refractivity contribution in [3.05, 3.63) is 59.2 Å². The monoisotopic (exact) mass is 374 g/mol. The Bertz CT molecular complexity index is 852. The third kappa shape index (κ3) is 5.68. The van der Waals surface area contributed by atoms with Crippen molar-refractivity contribution in [3.63, 3.8) is 0 Å². The van der Waals surface area contributed by atoms with Gasteiger partial charge in [0.2, 0.25) is 10.0 Å². The Morgan fingerprint density at radius 2 is 1.58 bits per heavy atom. The molecule has 0 radical (unpaired) electrons. The van der Waals surface area contributed by atoms with E-state index in [1.165, 1.54) is 24.3 Å². The molecule has 0 unspecified atom stereocenters. The minimum Gasteiger partial charge on any atom is -0.322 e. The summed E-state index contributed by atoms with van der Waals surface area (Å²) in [7, 11) is -3.55. The first-order valence-corrected chi connectivity index (χ1v) is 10.1. The highest BCUT2D eigenvalue weighted by molar-refractivity contribution is 7.89. The molecule has 0 aliphatic rings. The van der Waals surface area contributed by atoms with Crippen LogP contribution in [0.3, 0.4) is 0 Å². The lowest BCUT2D eigenvalue weighted by Gasteiger charge is -2.10. The normalized spacial score (nSPS) is 11.6. The van der Waals surface area contributed by atoms with E-state index in [1.54, 1.807) is 0 Å². The molecule has 0 aliphatic heterocycles. The van der Waals surface area contributed by atoms with Crippen LogP contribution in [0.15, 0.2) is 47.4 Å². The first-order chi connectivity index (χ1) is 12.2. The van der Waals surface area contributed by atoms with Crippen molar-refractivity contribution in [1.29, 1.82) is 0 Å². The van der Waals surface area contributed by atoms with Crippen molar-refractivity contribution in [3.8, 4) is 0 Å². The summed E-state index contributed by atoms with van der Waals surface area (Å²) >= 11 is 0. The molecular weight excluding hydrogens is 348 g/mol. The van der Waals surface area contributed by atoms with Crippen molar-refractivity contribution in [1.82, 2.24) is 4.72 Å². The van der Waals surface area contributed by atoms with Crippen LogP contribution < -0.4 is 10.0 Å². The van der Waals surface area contributed by atoms with Gasteiger partial charge in [-0.25, -0.2) is 13.1 Å². The van der Waals surface area contributed by atoms with E-state index in [0.29, 0.717) is 18.0 Å². The number of rotatable bonds is 7. The van der Waals surface area contributed by atoms with Crippen molar-refractivity contribution < 1.29 is 13.2 Å². The molecule has 2 N–H and O–H groups in total. The molecule has 2 rings (SSSR count). The highest BCUT2D eigenvalue weighted by Crippen LogP contribution is 2.16. The summed E-state index contributed by atoms with van der Waals surface area (Å²) in [6.07, 6.45) is 0.773. The number of hydrogen-bond acceptors (Lipinski definition) is 3. The third-order valence-electron chi connectivity index (χ3n) is 3.92. The Morgan fingerprint density at radius 1 is 1.00 bits per heavy atom. The Labute approximate surface area is 155 Å². The van der Waals surface area contributed by atoms with Gasteiger partial charge >= 0.3 is 0 Å². The van der Waals surface area contributed by atoms with E-state index >= 15 is 0 Å². The lowest BCUT2D eigenvalue weighted by atomic mass is 10.1. The lowest BCUT2D eigenvalue weighted by Crippen LogP contribution is -2.25. The van der Waals surface area contributed by atoms with Crippen LogP contribution in [0, 0.1) is 19.8 Å². The summed E-state index contributed by atoms with van der Waals surface area (Å²) in [5, 5.41) is 2.84.